The average molecular weight is 289 g/mol. The lowest BCUT2D eigenvalue weighted by Gasteiger charge is -2.16. The SMILES string of the molecule is COCc1ccc(C(=O)NC[C@H](OC)c2ccccc2)o1. The third-order valence-corrected chi connectivity index (χ3v) is 3.08. The molecule has 0 aliphatic heterocycles. The summed E-state index contributed by atoms with van der Waals surface area (Å²) in [5, 5.41) is 2.81. The van der Waals surface area contributed by atoms with Crippen LogP contribution in [0.3, 0.4) is 0 Å². The fraction of sp³-hybridized carbons (Fsp3) is 0.312. The highest BCUT2D eigenvalue weighted by Crippen LogP contribution is 2.15. The van der Waals surface area contributed by atoms with Crippen molar-refractivity contribution < 1.29 is 18.7 Å². The van der Waals surface area contributed by atoms with Crippen molar-refractivity contribution in [2.75, 3.05) is 20.8 Å². The van der Waals surface area contributed by atoms with E-state index < -0.39 is 0 Å². The molecule has 21 heavy (non-hydrogen) atoms. The highest BCUT2D eigenvalue weighted by atomic mass is 16.5. The van der Waals surface area contributed by atoms with E-state index in [1.54, 1.807) is 26.4 Å². The van der Waals surface area contributed by atoms with E-state index in [1.807, 2.05) is 30.3 Å². The smallest absolute Gasteiger partial charge is 0.287 e. The first-order valence-electron chi connectivity index (χ1n) is 6.68. The summed E-state index contributed by atoms with van der Waals surface area (Å²) in [6, 6.07) is 13.1. The summed E-state index contributed by atoms with van der Waals surface area (Å²) in [5.74, 6) is 0.620. The third-order valence-electron chi connectivity index (χ3n) is 3.08. The molecule has 1 aromatic carbocycles. The van der Waals surface area contributed by atoms with Crippen LogP contribution in [0.25, 0.3) is 0 Å². The zero-order valence-corrected chi connectivity index (χ0v) is 12.2. The first-order valence-corrected chi connectivity index (χ1v) is 6.68. The summed E-state index contributed by atoms with van der Waals surface area (Å²) in [6.45, 7) is 0.720. The lowest BCUT2D eigenvalue weighted by Crippen LogP contribution is -2.28. The summed E-state index contributed by atoms with van der Waals surface area (Å²) in [7, 11) is 3.19. The fourth-order valence-electron chi connectivity index (χ4n) is 2.00. The van der Waals surface area contributed by atoms with Gasteiger partial charge >= 0.3 is 0 Å². The van der Waals surface area contributed by atoms with E-state index in [-0.39, 0.29) is 17.8 Å². The van der Waals surface area contributed by atoms with Crippen LogP contribution in [0.2, 0.25) is 0 Å². The number of hydrogen-bond donors (Lipinski definition) is 1. The molecule has 0 radical (unpaired) electrons. The summed E-state index contributed by atoms with van der Waals surface area (Å²) < 4.78 is 15.7. The van der Waals surface area contributed by atoms with E-state index in [4.69, 9.17) is 13.9 Å². The Bertz CT molecular complexity index is 565. The second kappa shape index (κ2) is 7.61. The van der Waals surface area contributed by atoms with Gasteiger partial charge in [0.25, 0.3) is 5.91 Å². The van der Waals surface area contributed by atoms with Crippen molar-refractivity contribution in [3.8, 4) is 0 Å². The van der Waals surface area contributed by atoms with Crippen molar-refractivity contribution in [1.29, 1.82) is 0 Å². The van der Waals surface area contributed by atoms with Crippen LogP contribution in [-0.2, 0) is 16.1 Å². The van der Waals surface area contributed by atoms with Crippen LogP contribution in [0.15, 0.2) is 46.9 Å². The largest absolute Gasteiger partial charge is 0.453 e. The summed E-state index contributed by atoms with van der Waals surface area (Å²) in [6.07, 6.45) is -0.191. The molecule has 0 saturated carbocycles. The molecular formula is C16H19NO4. The Morgan fingerprint density at radius 2 is 1.95 bits per heavy atom. The number of amides is 1. The van der Waals surface area contributed by atoms with Crippen LogP contribution in [0, 0.1) is 0 Å². The molecule has 1 heterocycles. The number of methoxy groups -OCH3 is 2. The number of benzene rings is 1. The molecule has 112 valence electrons. The van der Waals surface area contributed by atoms with Gasteiger partial charge in [0.1, 0.15) is 12.4 Å². The Kier molecular flexibility index (Phi) is 5.54. The van der Waals surface area contributed by atoms with E-state index in [1.165, 1.54) is 0 Å². The van der Waals surface area contributed by atoms with E-state index in [9.17, 15) is 4.79 Å². The standard InChI is InChI=1S/C16H19NO4/c1-19-11-13-8-9-14(21-13)16(18)17-10-15(20-2)12-6-4-3-5-7-12/h3-9,15H,10-11H2,1-2H3,(H,17,18)/t15-/m0/s1. The first kappa shape index (κ1) is 15.3. The molecule has 1 N–H and O–H groups in total. The number of ether oxygens (including phenoxy) is 2. The van der Waals surface area contributed by atoms with E-state index in [0.717, 1.165) is 5.56 Å². The second-order valence-electron chi connectivity index (χ2n) is 4.54. The molecule has 0 spiro atoms. The topological polar surface area (TPSA) is 60.7 Å². The van der Waals surface area contributed by atoms with Crippen molar-refractivity contribution in [1.82, 2.24) is 5.32 Å². The number of nitrogens with one attached hydrogen (secondary N) is 1. The van der Waals surface area contributed by atoms with Gasteiger partial charge in [0.2, 0.25) is 0 Å². The summed E-state index contributed by atoms with van der Waals surface area (Å²) in [4.78, 5) is 12.0. The molecule has 1 amide bonds. The van der Waals surface area contributed by atoms with Gasteiger partial charge in [0.15, 0.2) is 5.76 Å². The van der Waals surface area contributed by atoms with Crippen LogP contribution in [-0.4, -0.2) is 26.7 Å². The Balaban J connectivity index is 1.93. The van der Waals surface area contributed by atoms with Gasteiger partial charge in [-0.3, -0.25) is 4.79 Å². The quantitative estimate of drug-likeness (QED) is 0.851. The van der Waals surface area contributed by atoms with Gasteiger partial charge in [-0.15, -0.1) is 0 Å². The van der Waals surface area contributed by atoms with Crippen molar-refractivity contribution in [3.05, 3.63) is 59.5 Å². The number of carbonyl (C=O) groups is 1. The normalized spacial score (nSPS) is 12.1. The number of rotatable bonds is 7. The van der Waals surface area contributed by atoms with E-state index in [0.29, 0.717) is 18.9 Å². The third kappa shape index (κ3) is 4.18. The highest BCUT2D eigenvalue weighted by Gasteiger charge is 2.15. The zero-order valence-electron chi connectivity index (χ0n) is 12.2. The first-order chi connectivity index (χ1) is 10.2. The minimum atomic E-state index is -0.268. The van der Waals surface area contributed by atoms with Gasteiger partial charge in [-0.1, -0.05) is 30.3 Å². The van der Waals surface area contributed by atoms with Crippen LogP contribution < -0.4 is 5.32 Å². The molecule has 0 fully saturated rings. The Morgan fingerprint density at radius 1 is 1.19 bits per heavy atom. The maximum absolute atomic E-state index is 12.0. The number of hydrogen-bond acceptors (Lipinski definition) is 4. The molecule has 1 atom stereocenters. The molecule has 5 heteroatoms. The van der Waals surface area contributed by atoms with Crippen LogP contribution in [0.5, 0.6) is 0 Å². The van der Waals surface area contributed by atoms with Gasteiger partial charge in [-0.25, -0.2) is 0 Å². The van der Waals surface area contributed by atoms with E-state index >= 15 is 0 Å². The summed E-state index contributed by atoms with van der Waals surface area (Å²) in [5.41, 5.74) is 1.01. The van der Waals surface area contributed by atoms with Crippen molar-refractivity contribution >= 4 is 5.91 Å². The van der Waals surface area contributed by atoms with Gasteiger partial charge < -0.3 is 19.2 Å². The minimum absolute atomic E-state index is 0.191. The molecule has 0 bridgehead atoms. The number of carbonyl (C=O) groups excluding carboxylic acids is 1. The fourth-order valence-corrected chi connectivity index (χ4v) is 2.00. The predicted octanol–water partition coefficient (Wildman–Crippen LogP) is 2.54. The molecule has 2 aromatic rings. The van der Waals surface area contributed by atoms with Crippen LogP contribution in [0.1, 0.15) is 28.0 Å². The molecule has 1 aromatic heterocycles. The lowest BCUT2D eigenvalue weighted by atomic mass is 10.1. The molecule has 0 unspecified atom stereocenters. The molecular weight excluding hydrogens is 270 g/mol. The predicted molar refractivity (Wildman–Crippen MR) is 77.9 cm³/mol. The highest BCUT2D eigenvalue weighted by molar-refractivity contribution is 5.91. The van der Waals surface area contributed by atoms with Crippen LogP contribution in [0.4, 0.5) is 0 Å². The lowest BCUT2D eigenvalue weighted by molar-refractivity contribution is 0.0801. The van der Waals surface area contributed by atoms with Crippen LogP contribution >= 0.6 is 0 Å². The average Bonchev–Trinajstić information content (AvgIpc) is 2.98. The van der Waals surface area contributed by atoms with Crippen molar-refractivity contribution in [2.24, 2.45) is 0 Å². The maximum Gasteiger partial charge on any atom is 0.287 e. The Morgan fingerprint density at radius 3 is 2.62 bits per heavy atom. The van der Waals surface area contributed by atoms with Gasteiger partial charge in [0, 0.05) is 20.8 Å². The van der Waals surface area contributed by atoms with Gasteiger partial charge in [0.05, 0.1) is 6.10 Å². The Labute approximate surface area is 123 Å². The summed E-state index contributed by atoms with van der Waals surface area (Å²) >= 11 is 0. The number of furan rings is 1. The van der Waals surface area contributed by atoms with Crippen molar-refractivity contribution in [2.45, 2.75) is 12.7 Å². The molecule has 0 saturated heterocycles. The molecule has 0 aliphatic carbocycles. The minimum Gasteiger partial charge on any atom is -0.453 e. The second-order valence-corrected chi connectivity index (χ2v) is 4.54. The molecule has 2 rings (SSSR count). The zero-order chi connectivity index (χ0) is 15.1. The molecule has 0 aliphatic rings. The van der Waals surface area contributed by atoms with Gasteiger partial charge in [-0.05, 0) is 17.7 Å². The monoisotopic (exact) mass is 289 g/mol. The maximum atomic E-state index is 12.0. The van der Waals surface area contributed by atoms with E-state index in [2.05, 4.69) is 5.32 Å². The Hall–Kier alpha value is -2.11. The van der Waals surface area contributed by atoms with Gasteiger partial charge in [-0.2, -0.15) is 0 Å². The molecule has 5 nitrogen and oxygen atoms in total. The van der Waals surface area contributed by atoms with Crippen molar-refractivity contribution in [3.63, 3.8) is 0 Å².